The fraction of sp³-hybridized carbons (Fsp3) is 0.500. The summed E-state index contributed by atoms with van der Waals surface area (Å²) < 4.78 is 4.64. The number of aromatic nitrogens is 3. The van der Waals surface area contributed by atoms with Crippen molar-refractivity contribution in [2.24, 2.45) is 0 Å². The molecule has 0 amide bonds. The van der Waals surface area contributed by atoms with E-state index in [0.717, 1.165) is 0 Å². The smallest absolute Gasteiger partial charge is 0.322 e. The topological polar surface area (TPSA) is 97.7 Å². The van der Waals surface area contributed by atoms with Crippen LogP contribution in [0.4, 0.5) is 5.95 Å². The van der Waals surface area contributed by atoms with Gasteiger partial charge < -0.3 is 10.5 Å². The van der Waals surface area contributed by atoms with Gasteiger partial charge in [-0.05, 0) is 0 Å². The van der Waals surface area contributed by atoms with Gasteiger partial charge in [-0.3, -0.25) is 0 Å². The van der Waals surface area contributed by atoms with Crippen LogP contribution in [0.5, 0.6) is 6.01 Å². The van der Waals surface area contributed by atoms with Gasteiger partial charge in [0.15, 0.2) is 0 Å². The molecular weight excluding hydrogens is 182 g/mol. The molecular formula is C8H13N5O. The first-order valence-electron chi connectivity index (χ1n) is 4.13. The van der Waals surface area contributed by atoms with Crippen molar-refractivity contribution >= 4 is 5.95 Å². The van der Waals surface area contributed by atoms with Gasteiger partial charge in [-0.25, -0.2) is 0 Å². The summed E-state index contributed by atoms with van der Waals surface area (Å²) in [4.78, 5) is 10.7. The third kappa shape index (κ3) is 4.21. The van der Waals surface area contributed by atoms with E-state index in [-0.39, 0.29) is 17.8 Å². The lowest BCUT2D eigenvalue weighted by Crippen LogP contribution is -2.02. The number of nitriles is 1. The first-order chi connectivity index (χ1) is 6.67. The Hall–Kier alpha value is -1.90. The van der Waals surface area contributed by atoms with Gasteiger partial charge in [0.1, 0.15) is 6.07 Å². The first-order valence-corrected chi connectivity index (χ1v) is 4.13. The van der Waals surface area contributed by atoms with Gasteiger partial charge in [0, 0.05) is 0 Å². The van der Waals surface area contributed by atoms with Gasteiger partial charge >= 0.3 is 6.01 Å². The maximum absolute atomic E-state index is 8.37. The second-order valence-electron chi connectivity index (χ2n) is 2.32. The van der Waals surface area contributed by atoms with Gasteiger partial charge in [0.05, 0.1) is 7.11 Å². The molecule has 0 aromatic carbocycles. The van der Waals surface area contributed by atoms with Crippen LogP contribution in [-0.2, 0) is 0 Å². The van der Waals surface area contributed by atoms with Crippen LogP contribution >= 0.6 is 0 Å². The molecule has 0 bridgehead atoms. The lowest BCUT2D eigenvalue weighted by molar-refractivity contribution is 0.378. The van der Waals surface area contributed by atoms with Crippen molar-refractivity contribution in [1.29, 1.82) is 5.26 Å². The number of anilines is 1. The normalized spacial score (nSPS) is 8.14. The fourth-order valence-corrected chi connectivity index (χ4v) is 0.513. The number of nitrogen functional groups attached to an aromatic ring is 1. The van der Waals surface area contributed by atoms with Gasteiger partial charge in [-0.1, -0.05) is 20.3 Å². The molecule has 0 fully saturated rings. The third-order valence-corrected chi connectivity index (χ3v) is 0.915. The Kier molecular flexibility index (Phi) is 5.70. The van der Waals surface area contributed by atoms with Crippen molar-refractivity contribution in [3.05, 3.63) is 5.82 Å². The number of methoxy groups -OCH3 is 1. The molecule has 2 N–H and O–H groups in total. The minimum atomic E-state index is -0.0469. The van der Waals surface area contributed by atoms with Crippen molar-refractivity contribution in [3.8, 4) is 12.1 Å². The summed E-state index contributed by atoms with van der Waals surface area (Å²) in [6.07, 6.45) is 1.25. The summed E-state index contributed by atoms with van der Waals surface area (Å²) in [6.45, 7) is 4.25. The molecule has 1 aromatic rings. The molecule has 0 aliphatic rings. The molecule has 0 aliphatic carbocycles. The second-order valence-corrected chi connectivity index (χ2v) is 2.32. The molecule has 1 rings (SSSR count). The highest BCUT2D eigenvalue weighted by molar-refractivity contribution is 5.23. The Morgan fingerprint density at radius 3 is 2.36 bits per heavy atom. The SMILES string of the molecule is CCC.COc1nc(N)nc(C#N)n1. The number of rotatable bonds is 1. The van der Waals surface area contributed by atoms with Crippen molar-refractivity contribution in [2.75, 3.05) is 12.8 Å². The zero-order chi connectivity index (χ0) is 11.0. The van der Waals surface area contributed by atoms with E-state index in [4.69, 9.17) is 11.0 Å². The molecule has 0 atom stereocenters. The maximum atomic E-state index is 8.37. The Balaban J connectivity index is 0.000000500. The van der Waals surface area contributed by atoms with Crippen LogP contribution in [0.3, 0.4) is 0 Å². The average Bonchev–Trinajstić information content (AvgIpc) is 2.18. The first kappa shape index (κ1) is 12.1. The predicted octanol–water partition coefficient (Wildman–Crippen LogP) is 0.750. The molecule has 14 heavy (non-hydrogen) atoms. The van der Waals surface area contributed by atoms with E-state index in [0.29, 0.717) is 0 Å². The Morgan fingerprint density at radius 2 is 1.93 bits per heavy atom. The van der Waals surface area contributed by atoms with E-state index in [1.165, 1.54) is 13.5 Å². The van der Waals surface area contributed by atoms with E-state index in [1.54, 1.807) is 6.07 Å². The molecule has 0 aliphatic heterocycles. The van der Waals surface area contributed by atoms with Crippen molar-refractivity contribution in [3.63, 3.8) is 0 Å². The molecule has 6 heteroatoms. The van der Waals surface area contributed by atoms with Crippen molar-refractivity contribution < 1.29 is 4.74 Å². The highest BCUT2D eigenvalue weighted by Crippen LogP contribution is 2.02. The lowest BCUT2D eigenvalue weighted by atomic mass is 10.6. The minimum Gasteiger partial charge on any atom is -0.467 e. The molecule has 6 nitrogen and oxygen atoms in total. The van der Waals surface area contributed by atoms with Crippen LogP contribution in [0, 0.1) is 11.3 Å². The number of hydrogen-bond donors (Lipinski definition) is 1. The van der Waals surface area contributed by atoms with Crippen LogP contribution in [-0.4, -0.2) is 22.1 Å². The number of ether oxygens (including phenoxy) is 1. The van der Waals surface area contributed by atoms with Gasteiger partial charge in [0.25, 0.3) is 0 Å². The Bertz CT molecular complexity index is 320. The van der Waals surface area contributed by atoms with E-state index in [2.05, 4.69) is 33.5 Å². The molecule has 0 radical (unpaired) electrons. The largest absolute Gasteiger partial charge is 0.467 e. The maximum Gasteiger partial charge on any atom is 0.322 e. The number of nitrogens with two attached hydrogens (primary N) is 1. The molecule has 1 aromatic heterocycles. The molecule has 0 unspecified atom stereocenters. The van der Waals surface area contributed by atoms with Gasteiger partial charge in [-0.15, -0.1) is 0 Å². The standard InChI is InChI=1S/C5H5N5O.C3H8/c1-11-5-9-3(2-6)8-4(7)10-5;1-3-2/h1H3,(H2,7,8,9,10);3H2,1-2H3. The number of nitrogens with zero attached hydrogens (tertiary/aromatic N) is 4. The van der Waals surface area contributed by atoms with Crippen LogP contribution in [0.15, 0.2) is 0 Å². The average molecular weight is 195 g/mol. The fourth-order valence-electron chi connectivity index (χ4n) is 0.513. The van der Waals surface area contributed by atoms with Crippen molar-refractivity contribution in [2.45, 2.75) is 20.3 Å². The predicted molar refractivity (Wildman–Crippen MR) is 51.5 cm³/mol. The summed E-state index contributed by atoms with van der Waals surface area (Å²) >= 11 is 0. The van der Waals surface area contributed by atoms with Gasteiger partial charge in [-0.2, -0.15) is 20.2 Å². The van der Waals surface area contributed by atoms with Crippen LogP contribution in [0.25, 0.3) is 0 Å². The minimum absolute atomic E-state index is 0.0200. The van der Waals surface area contributed by atoms with E-state index in [1.807, 2.05) is 0 Å². The summed E-state index contributed by atoms with van der Waals surface area (Å²) in [7, 11) is 1.38. The van der Waals surface area contributed by atoms with Crippen LogP contribution in [0.1, 0.15) is 26.1 Å². The molecule has 0 spiro atoms. The van der Waals surface area contributed by atoms with Crippen LogP contribution < -0.4 is 10.5 Å². The van der Waals surface area contributed by atoms with E-state index < -0.39 is 0 Å². The lowest BCUT2D eigenvalue weighted by Gasteiger charge is -1.96. The van der Waals surface area contributed by atoms with E-state index in [9.17, 15) is 0 Å². The molecule has 0 saturated heterocycles. The second kappa shape index (κ2) is 6.60. The number of hydrogen-bond acceptors (Lipinski definition) is 6. The monoisotopic (exact) mass is 195 g/mol. The summed E-state index contributed by atoms with van der Waals surface area (Å²) in [5, 5.41) is 8.37. The summed E-state index contributed by atoms with van der Waals surface area (Å²) in [5.74, 6) is -0.0669. The highest BCUT2D eigenvalue weighted by Gasteiger charge is 2.01. The van der Waals surface area contributed by atoms with E-state index >= 15 is 0 Å². The zero-order valence-electron chi connectivity index (χ0n) is 8.48. The third-order valence-electron chi connectivity index (χ3n) is 0.915. The quantitative estimate of drug-likeness (QED) is 0.710. The Morgan fingerprint density at radius 1 is 1.36 bits per heavy atom. The summed E-state index contributed by atoms with van der Waals surface area (Å²) in [5.41, 5.74) is 5.22. The highest BCUT2D eigenvalue weighted by atomic mass is 16.5. The zero-order valence-corrected chi connectivity index (χ0v) is 8.48. The molecule has 0 saturated carbocycles. The van der Waals surface area contributed by atoms with Gasteiger partial charge in [0.2, 0.25) is 11.8 Å². The molecule has 1 heterocycles. The molecule has 76 valence electrons. The van der Waals surface area contributed by atoms with Crippen LogP contribution in [0.2, 0.25) is 0 Å². The van der Waals surface area contributed by atoms with Crippen molar-refractivity contribution in [1.82, 2.24) is 15.0 Å². The summed E-state index contributed by atoms with van der Waals surface area (Å²) in [6, 6.07) is 1.77. The Labute approximate surface area is 82.8 Å².